The van der Waals surface area contributed by atoms with Gasteiger partial charge in [-0.15, -0.1) is 0 Å². The van der Waals surface area contributed by atoms with E-state index in [2.05, 4.69) is 26.3 Å². The van der Waals surface area contributed by atoms with Gasteiger partial charge in [0.15, 0.2) is 0 Å². The zero-order valence-corrected chi connectivity index (χ0v) is 21.8. The van der Waals surface area contributed by atoms with Gasteiger partial charge in [-0.05, 0) is 49.4 Å². The maximum Gasteiger partial charge on any atom is 0.326 e. The highest BCUT2D eigenvalue weighted by Crippen LogP contribution is 2.19. The molecule has 1 fully saturated rings. The van der Waals surface area contributed by atoms with Crippen molar-refractivity contribution < 1.29 is 34.2 Å². The molecule has 7 N–H and O–H groups in total. The van der Waals surface area contributed by atoms with Gasteiger partial charge in [0.2, 0.25) is 17.7 Å². The molecule has 38 heavy (non-hydrogen) atoms. The predicted octanol–water partition coefficient (Wildman–Crippen LogP) is 0.229. The van der Waals surface area contributed by atoms with Crippen LogP contribution in [-0.4, -0.2) is 87.6 Å². The molecule has 0 saturated carbocycles. The summed E-state index contributed by atoms with van der Waals surface area (Å²) in [4.78, 5) is 65.2. The largest absolute Gasteiger partial charge is 0.481 e. The van der Waals surface area contributed by atoms with Crippen LogP contribution in [0.15, 0.2) is 30.5 Å². The molecule has 2 heterocycles. The van der Waals surface area contributed by atoms with Crippen molar-refractivity contribution in [2.45, 2.75) is 56.3 Å². The van der Waals surface area contributed by atoms with Crippen molar-refractivity contribution in [2.24, 2.45) is 0 Å². The van der Waals surface area contributed by atoms with Gasteiger partial charge in [0, 0.05) is 23.5 Å². The van der Waals surface area contributed by atoms with Gasteiger partial charge < -0.3 is 36.5 Å². The standard InChI is InChI=1S/C25H33N5O7S/c1-38-10-8-18(28-22(33)17-7-4-9-26-17)23(34)29-19(12-21(31)32)24(35)30-20(25(36)37)11-14-13-27-16-6-3-2-5-15(14)16/h2-3,5-6,13,17-20,26-27H,4,7-12H2,1H3,(H,28,33)(H,29,34)(H,30,35)(H,31,32)(H,36,37). The van der Waals surface area contributed by atoms with E-state index in [-0.39, 0.29) is 18.7 Å². The van der Waals surface area contributed by atoms with Gasteiger partial charge in [0.25, 0.3) is 0 Å². The number of aromatic amines is 1. The van der Waals surface area contributed by atoms with Gasteiger partial charge in [0.05, 0.1) is 12.5 Å². The van der Waals surface area contributed by atoms with Crippen LogP contribution in [0.2, 0.25) is 0 Å². The van der Waals surface area contributed by atoms with E-state index in [4.69, 9.17) is 0 Å². The zero-order chi connectivity index (χ0) is 27.7. The van der Waals surface area contributed by atoms with Crippen molar-refractivity contribution in [2.75, 3.05) is 18.6 Å². The molecule has 3 rings (SSSR count). The van der Waals surface area contributed by atoms with E-state index in [0.717, 1.165) is 17.3 Å². The maximum absolute atomic E-state index is 13.1. The van der Waals surface area contributed by atoms with Crippen LogP contribution in [0.25, 0.3) is 10.9 Å². The second kappa shape index (κ2) is 13.8. The topological polar surface area (TPSA) is 190 Å². The first-order valence-corrected chi connectivity index (χ1v) is 13.7. The van der Waals surface area contributed by atoms with Crippen molar-refractivity contribution >= 4 is 52.3 Å². The van der Waals surface area contributed by atoms with Crippen LogP contribution in [-0.2, 0) is 30.4 Å². The summed E-state index contributed by atoms with van der Waals surface area (Å²) in [6.45, 7) is 0.698. The molecular formula is C25H33N5O7S. The number of amides is 3. The Labute approximate surface area is 223 Å². The minimum absolute atomic E-state index is 0.0559. The Hall–Kier alpha value is -3.58. The average Bonchev–Trinajstić information content (AvgIpc) is 3.56. The first-order chi connectivity index (χ1) is 18.2. The smallest absolute Gasteiger partial charge is 0.326 e. The molecule has 0 aliphatic carbocycles. The highest BCUT2D eigenvalue weighted by atomic mass is 32.2. The van der Waals surface area contributed by atoms with Gasteiger partial charge in [-0.1, -0.05) is 18.2 Å². The lowest BCUT2D eigenvalue weighted by Gasteiger charge is -2.24. The molecule has 12 nitrogen and oxygen atoms in total. The third kappa shape index (κ3) is 7.96. The van der Waals surface area contributed by atoms with Gasteiger partial charge in [-0.2, -0.15) is 11.8 Å². The SMILES string of the molecule is CSCCC(NC(=O)C1CCCN1)C(=O)NC(CC(=O)O)C(=O)NC(Cc1c[nH]c2ccccc12)C(=O)O. The number of aromatic nitrogens is 1. The molecule has 0 bridgehead atoms. The quantitative estimate of drug-likeness (QED) is 0.174. The molecule has 2 aromatic rings. The molecule has 1 aliphatic rings. The molecule has 4 atom stereocenters. The highest BCUT2D eigenvalue weighted by molar-refractivity contribution is 7.98. The second-order valence-electron chi connectivity index (χ2n) is 9.11. The molecule has 1 saturated heterocycles. The lowest BCUT2D eigenvalue weighted by atomic mass is 10.0. The number of hydrogen-bond donors (Lipinski definition) is 7. The average molecular weight is 548 g/mol. The third-order valence-electron chi connectivity index (χ3n) is 6.35. The number of aliphatic carboxylic acids is 2. The number of rotatable bonds is 14. The summed E-state index contributed by atoms with van der Waals surface area (Å²) in [6, 6.07) is 2.99. The van der Waals surface area contributed by atoms with E-state index in [9.17, 15) is 34.2 Å². The van der Waals surface area contributed by atoms with E-state index < -0.39 is 54.3 Å². The summed E-state index contributed by atoms with van der Waals surface area (Å²) in [5.41, 5.74) is 1.47. The number of carboxylic acids is 2. The van der Waals surface area contributed by atoms with Crippen LogP contribution >= 0.6 is 11.8 Å². The number of hydrogen-bond acceptors (Lipinski definition) is 7. The molecular weight excluding hydrogens is 514 g/mol. The van der Waals surface area contributed by atoms with Gasteiger partial charge in [-0.3, -0.25) is 19.2 Å². The fourth-order valence-corrected chi connectivity index (χ4v) is 4.81. The van der Waals surface area contributed by atoms with Gasteiger partial charge in [0.1, 0.15) is 18.1 Å². The Morgan fingerprint density at radius 1 is 1.03 bits per heavy atom. The predicted molar refractivity (Wildman–Crippen MR) is 142 cm³/mol. The Morgan fingerprint density at radius 2 is 1.74 bits per heavy atom. The van der Waals surface area contributed by atoms with E-state index in [0.29, 0.717) is 24.3 Å². The van der Waals surface area contributed by atoms with Crippen molar-refractivity contribution in [3.8, 4) is 0 Å². The Bertz CT molecular complexity index is 1160. The molecule has 1 aromatic heterocycles. The van der Waals surface area contributed by atoms with Gasteiger partial charge >= 0.3 is 11.9 Å². The number of carbonyl (C=O) groups excluding carboxylic acids is 3. The fourth-order valence-electron chi connectivity index (χ4n) is 4.33. The zero-order valence-electron chi connectivity index (χ0n) is 21.0. The molecule has 4 unspecified atom stereocenters. The van der Waals surface area contributed by atoms with E-state index in [1.165, 1.54) is 11.8 Å². The fraction of sp³-hybridized carbons (Fsp3) is 0.480. The highest BCUT2D eigenvalue weighted by Gasteiger charge is 2.32. The molecule has 3 amide bonds. The molecule has 0 spiro atoms. The molecule has 206 valence electrons. The Morgan fingerprint density at radius 3 is 2.39 bits per heavy atom. The second-order valence-corrected chi connectivity index (χ2v) is 10.1. The number of benzene rings is 1. The summed E-state index contributed by atoms with van der Waals surface area (Å²) in [7, 11) is 0. The number of nitrogens with one attached hydrogen (secondary N) is 5. The summed E-state index contributed by atoms with van der Waals surface area (Å²) < 4.78 is 0. The first kappa shape index (κ1) is 29.0. The van der Waals surface area contributed by atoms with E-state index in [1.54, 1.807) is 6.20 Å². The third-order valence-corrected chi connectivity index (χ3v) is 6.99. The van der Waals surface area contributed by atoms with Crippen molar-refractivity contribution in [1.29, 1.82) is 0 Å². The summed E-state index contributed by atoms with van der Waals surface area (Å²) in [5.74, 6) is -4.12. The van der Waals surface area contributed by atoms with Crippen molar-refractivity contribution in [1.82, 2.24) is 26.3 Å². The minimum Gasteiger partial charge on any atom is -0.481 e. The van der Waals surface area contributed by atoms with Crippen LogP contribution in [0.4, 0.5) is 0 Å². The molecule has 13 heteroatoms. The number of carbonyl (C=O) groups is 5. The summed E-state index contributed by atoms with van der Waals surface area (Å²) >= 11 is 1.47. The summed E-state index contributed by atoms with van der Waals surface area (Å²) in [5, 5.41) is 30.4. The Kier molecular flexibility index (Phi) is 10.5. The van der Waals surface area contributed by atoms with Crippen LogP contribution in [0.5, 0.6) is 0 Å². The number of thioether (sulfide) groups is 1. The van der Waals surface area contributed by atoms with Crippen molar-refractivity contribution in [3.63, 3.8) is 0 Å². The summed E-state index contributed by atoms with van der Waals surface area (Å²) in [6.07, 6.45) is 4.43. The number of fused-ring (bicyclic) bond motifs is 1. The molecule has 0 radical (unpaired) electrons. The van der Waals surface area contributed by atoms with Crippen LogP contribution < -0.4 is 21.3 Å². The van der Waals surface area contributed by atoms with Crippen LogP contribution in [0.1, 0.15) is 31.2 Å². The minimum atomic E-state index is -1.54. The van der Waals surface area contributed by atoms with Crippen LogP contribution in [0.3, 0.4) is 0 Å². The molecule has 1 aliphatic heterocycles. The number of H-pyrrole nitrogens is 1. The Balaban J connectivity index is 1.71. The lowest BCUT2D eigenvalue weighted by Crippen LogP contribution is -2.57. The monoisotopic (exact) mass is 547 g/mol. The molecule has 1 aromatic carbocycles. The van der Waals surface area contributed by atoms with E-state index >= 15 is 0 Å². The maximum atomic E-state index is 13.1. The number of para-hydroxylation sites is 1. The lowest BCUT2D eigenvalue weighted by molar-refractivity contribution is -0.143. The first-order valence-electron chi connectivity index (χ1n) is 12.3. The van der Waals surface area contributed by atoms with Crippen LogP contribution in [0, 0.1) is 0 Å². The normalized spacial score (nSPS) is 17.3. The number of carboxylic acid groups (broad SMARTS) is 2. The van der Waals surface area contributed by atoms with E-state index in [1.807, 2.05) is 30.5 Å². The van der Waals surface area contributed by atoms with Crippen molar-refractivity contribution in [3.05, 3.63) is 36.0 Å². The van der Waals surface area contributed by atoms with Gasteiger partial charge in [-0.25, -0.2) is 4.79 Å².